The summed E-state index contributed by atoms with van der Waals surface area (Å²) in [6.07, 6.45) is -0.727. The van der Waals surface area contributed by atoms with Gasteiger partial charge in [-0.2, -0.15) is 0 Å². The van der Waals surface area contributed by atoms with E-state index in [4.69, 9.17) is 16.3 Å². The van der Waals surface area contributed by atoms with Crippen molar-refractivity contribution in [1.29, 1.82) is 0 Å². The van der Waals surface area contributed by atoms with Crippen LogP contribution in [-0.4, -0.2) is 30.3 Å². The van der Waals surface area contributed by atoms with Gasteiger partial charge in [-0.25, -0.2) is 4.79 Å². The second-order valence-corrected chi connectivity index (χ2v) is 6.11. The Morgan fingerprint density at radius 3 is 2.50 bits per heavy atom. The van der Waals surface area contributed by atoms with Gasteiger partial charge in [0.1, 0.15) is 18.5 Å². The van der Waals surface area contributed by atoms with Gasteiger partial charge in [0.15, 0.2) is 0 Å². The van der Waals surface area contributed by atoms with Gasteiger partial charge in [-0.15, -0.1) is 11.6 Å². The number of nitrogens with one attached hydrogen (secondary N) is 3. The average molecular weight is 404 g/mol. The summed E-state index contributed by atoms with van der Waals surface area (Å²) in [5.41, 5.74) is 1.80. The molecule has 1 atom stereocenters. The van der Waals surface area contributed by atoms with E-state index in [-0.39, 0.29) is 24.3 Å². The third-order valence-corrected chi connectivity index (χ3v) is 3.96. The number of carbonyl (C=O) groups excluding carboxylic acids is 3. The molecular weight excluding hydrogens is 382 g/mol. The number of amides is 3. The van der Waals surface area contributed by atoms with E-state index in [0.29, 0.717) is 17.8 Å². The maximum Gasteiger partial charge on any atom is 0.408 e. The Morgan fingerprint density at radius 1 is 1.07 bits per heavy atom. The summed E-state index contributed by atoms with van der Waals surface area (Å²) in [6, 6.07) is 14.8. The van der Waals surface area contributed by atoms with E-state index in [1.807, 2.05) is 30.3 Å². The van der Waals surface area contributed by atoms with Crippen molar-refractivity contribution in [2.24, 2.45) is 0 Å². The normalized spacial score (nSPS) is 11.2. The maximum atomic E-state index is 12.5. The minimum Gasteiger partial charge on any atom is -0.445 e. The van der Waals surface area contributed by atoms with Crippen molar-refractivity contribution in [2.45, 2.75) is 19.6 Å². The Bertz CT molecular complexity index is 814. The fourth-order valence-corrected chi connectivity index (χ4v) is 2.52. The second kappa shape index (κ2) is 10.9. The van der Waals surface area contributed by atoms with Gasteiger partial charge in [0, 0.05) is 12.2 Å². The first-order chi connectivity index (χ1) is 13.5. The van der Waals surface area contributed by atoms with Gasteiger partial charge in [-0.1, -0.05) is 42.5 Å². The number of carbonyl (C=O) groups is 3. The highest BCUT2D eigenvalue weighted by Crippen LogP contribution is 2.19. The summed E-state index contributed by atoms with van der Waals surface area (Å²) in [5.74, 6) is -0.947. The summed E-state index contributed by atoms with van der Waals surface area (Å²) in [6.45, 7) is 2.26. The molecule has 0 heterocycles. The molecule has 0 aromatic heterocycles. The fraction of sp³-hybridized carbons (Fsp3) is 0.250. The van der Waals surface area contributed by atoms with Gasteiger partial charge >= 0.3 is 6.09 Å². The van der Waals surface area contributed by atoms with E-state index < -0.39 is 12.1 Å². The minimum atomic E-state index is -0.976. The summed E-state index contributed by atoms with van der Waals surface area (Å²) < 4.78 is 5.20. The van der Waals surface area contributed by atoms with Crippen LogP contribution in [0, 0.1) is 0 Å². The minimum absolute atomic E-state index is 0.0839. The first-order valence-electron chi connectivity index (χ1n) is 8.74. The number of rotatable bonds is 8. The SMILES string of the molecule is CCNC(=O)[C@H](NC(=O)OCc1ccccc1)c1cccc(NC(=O)CCl)c1. The fourth-order valence-electron chi connectivity index (χ4n) is 2.45. The van der Waals surface area contributed by atoms with Crippen LogP contribution >= 0.6 is 11.6 Å². The van der Waals surface area contributed by atoms with Gasteiger partial charge in [0.2, 0.25) is 11.8 Å². The molecule has 2 rings (SSSR count). The number of ether oxygens (including phenoxy) is 1. The number of alkyl carbamates (subject to hydrolysis) is 1. The van der Waals surface area contributed by atoms with E-state index in [0.717, 1.165) is 5.56 Å². The van der Waals surface area contributed by atoms with Crippen molar-refractivity contribution in [3.05, 3.63) is 65.7 Å². The number of benzene rings is 2. The third-order valence-electron chi connectivity index (χ3n) is 3.71. The van der Waals surface area contributed by atoms with Crippen LogP contribution in [0.15, 0.2) is 54.6 Å². The maximum absolute atomic E-state index is 12.5. The van der Waals surface area contributed by atoms with Crippen LogP contribution in [0.25, 0.3) is 0 Å². The van der Waals surface area contributed by atoms with Crippen molar-refractivity contribution in [2.75, 3.05) is 17.7 Å². The molecule has 148 valence electrons. The Hall–Kier alpha value is -3.06. The Morgan fingerprint density at radius 2 is 1.82 bits per heavy atom. The Labute approximate surface area is 168 Å². The van der Waals surface area contributed by atoms with Crippen LogP contribution in [0.4, 0.5) is 10.5 Å². The van der Waals surface area contributed by atoms with Crippen LogP contribution in [0.1, 0.15) is 24.1 Å². The molecule has 7 nitrogen and oxygen atoms in total. The topological polar surface area (TPSA) is 96.5 Å². The molecule has 0 spiro atoms. The summed E-state index contributed by atoms with van der Waals surface area (Å²) in [4.78, 5) is 36.2. The monoisotopic (exact) mass is 403 g/mol. The van der Waals surface area contributed by atoms with Crippen LogP contribution in [-0.2, 0) is 20.9 Å². The summed E-state index contributed by atoms with van der Waals surface area (Å²) in [7, 11) is 0. The first-order valence-corrected chi connectivity index (χ1v) is 9.27. The molecule has 2 aromatic carbocycles. The number of alkyl halides is 1. The molecule has 0 fully saturated rings. The lowest BCUT2D eigenvalue weighted by Gasteiger charge is -2.19. The van der Waals surface area contributed by atoms with Crippen molar-refractivity contribution in [1.82, 2.24) is 10.6 Å². The van der Waals surface area contributed by atoms with E-state index in [9.17, 15) is 14.4 Å². The van der Waals surface area contributed by atoms with Crippen LogP contribution < -0.4 is 16.0 Å². The van der Waals surface area contributed by atoms with Crippen LogP contribution in [0.3, 0.4) is 0 Å². The Kier molecular flexibility index (Phi) is 8.30. The Balaban J connectivity index is 2.11. The third kappa shape index (κ3) is 6.59. The molecular formula is C20H22ClN3O4. The van der Waals surface area contributed by atoms with Crippen LogP contribution in [0.2, 0.25) is 0 Å². The molecule has 0 unspecified atom stereocenters. The zero-order valence-corrected chi connectivity index (χ0v) is 16.2. The van der Waals surface area contributed by atoms with Crippen molar-refractivity contribution >= 4 is 35.2 Å². The smallest absolute Gasteiger partial charge is 0.408 e. The highest BCUT2D eigenvalue weighted by atomic mass is 35.5. The van der Waals surface area contributed by atoms with Gasteiger partial charge in [0.05, 0.1) is 0 Å². The largest absolute Gasteiger partial charge is 0.445 e. The quantitative estimate of drug-likeness (QED) is 0.590. The van der Waals surface area contributed by atoms with Gasteiger partial charge < -0.3 is 20.7 Å². The van der Waals surface area contributed by atoms with E-state index in [2.05, 4.69) is 16.0 Å². The number of hydrogen-bond donors (Lipinski definition) is 3. The molecule has 0 bridgehead atoms. The zero-order chi connectivity index (χ0) is 20.4. The molecule has 0 aliphatic carbocycles. The van der Waals surface area contributed by atoms with E-state index in [1.54, 1.807) is 31.2 Å². The lowest BCUT2D eigenvalue weighted by Crippen LogP contribution is -2.40. The lowest BCUT2D eigenvalue weighted by atomic mass is 10.1. The molecule has 0 saturated carbocycles. The summed E-state index contributed by atoms with van der Waals surface area (Å²) >= 11 is 5.50. The van der Waals surface area contributed by atoms with Gasteiger partial charge in [-0.05, 0) is 30.2 Å². The first kappa shape index (κ1) is 21.2. The highest BCUT2D eigenvalue weighted by Gasteiger charge is 2.23. The number of halogens is 1. The number of likely N-dealkylation sites (N-methyl/N-ethyl adjacent to an activating group) is 1. The predicted octanol–water partition coefficient (Wildman–Crippen LogP) is 2.97. The standard InChI is InChI=1S/C20H22ClN3O4/c1-2-22-19(26)18(15-9-6-10-16(11-15)23-17(25)12-21)24-20(27)28-13-14-7-4-3-5-8-14/h3-11,18H,2,12-13H2,1H3,(H,22,26)(H,23,25)(H,24,27)/t18-/m1/s1. The van der Waals surface area contributed by atoms with Crippen LogP contribution in [0.5, 0.6) is 0 Å². The molecule has 8 heteroatoms. The lowest BCUT2D eigenvalue weighted by molar-refractivity contribution is -0.123. The number of hydrogen-bond acceptors (Lipinski definition) is 4. The second-order valence-electron chi connectivity index (χ2n) is 5.84. The molecule has 3 amide bonds. The molecule has 28 heavy (non-hydrogen) atoms. The molecule has 0 saturated heterocycles. The molecule has 3 N–H and O–H groups in total. The van der Waals surface area contributed by atoms with Gasteiger partial charge in [-0.3, -0.25) is 9.59 Å². The summed E-state index contributed by atoms with van der Waals surface area (Å²) in [5, 5.41) is 7.86. The predicted molar refractivity (Wildman–Crippen MR) is 107 cm³/mol. The molecule has 0 aliphatic rings. The van der Waals surface area contributed by atoms with E-state index >= 15 is 0 Å². The molecule has 0 radical (unpaired) electrons. The highest BCUT2D eigenvalue weighted by molar-refractivity contribution is 6.29. The van der Waals surface area contributed by atoms with Crippen molar-refractivity contribution in [3.8, 4) is 0 Å². The number of anilines is 1. The van der Waals surface area contributed by atoms with E-state index in [1.165, 1.54) is 0 Å². The average Bonchev–Trinajstić information content (AvgIpc) is 2.71. The van der Waals surface area contributed by atoms with Crippen molar-refractivity contribution in [3.63, 3.8) is 0 Å². The van der Waals surface area contributed by atoms with Crippen molar-refractivity contribution < 1.29 is 19.1 Å². The van der Waals surface area contributed by atoms with Gasteiger partial charge in [0.25, 0.3) is 0 Å². The zero-order valence-electron chi connectivity index (χ0n) is 15.4. The molecule has 2 aromatic rings. The molecule has 0 aliphatic heterocycles.